The highest BCUT2D eigenvalue weighted by molar-refractivity contribution is 7.99. The summed E-state index contributed by atoms with van der Waals surface area (Å²) in [5, 5.41) is -0.370. The Bertz CT molecular complexity index is 1280. The van der Waals surface area contributed by atoms with Crippen LogP contribution >= 0.6 is 11.8 Å². The van der Waals surface area contributed by atoms with Gasteiger partial charge < -0.3 is 24.0 Å². The van der Waals surface area contributed by atoms with Gasteiger partial charge in [-0.05, 0) is 49.4 Å². The number of rotatable bonds is 12. The fourth-order valence-corrected chi connectivity index (χ4v) is 5.80. The molecular weight excluding hydrogens is 524 g/mol. The van der Waals surface area contributed by atoms with E-state index in [9.17, 15) is 9.59 Å². The van der Waals surface area contributed by atoms with Crippen LogP contribution in [-0.4, -0.2) is 69.9 Å². The molecule has 0 saturated carbocycles. The van der Waals surface area contributed by atoms with E-state index in [-0.39, 0.29) is 24.4 Å². The van der Waals surface area contributed by atoms with Gasteiger partial charge in [-0.15, -0.1) is 11.8 Å². The molecule has 2 atom stereocenters. The number of hydrogen-bond acceptors (Lipinski definition) is 7. The molecule has 0 bridgehead atoms. The molecule has 0 radical (unpaired) electrons. The minimum absolute atomic E-state index is 0.184. The molecular formula is C32H36N2O5S. The lowest BCUT2D eigenvalue weighted by atomic mass is 10.1. The van der Waals surface area contributed by atoms with Crippen molar-refractivity contribution in [2.24, 2.45) is 0 Å². The number of methoxy groups -OCH3 is 1. The highest BCUT2D eigenvalue weighted by Gasteiger charge is 2.39. The molecule has 4 rings (SSSR count). The number of hydrogen-bond donors (Lipinski definition) is 0. The summed E-state index contributed by atoms with van der Waals surface area (Å²) in [5.41, 5.74) is 2.90. The molecule has 0 aromatic heterocycles. The largest absolute Gasteiger partial charge is 0.497 e. The van der Waals surface area contributed by atoms with Gasteiger partial charge in [-0.3, -0.25) is 4.79 Å². The predicted molar refractivity (Wildman–Crippen MR) is 160 cm³/mol. The van der Waals surface area contributed by atoms with Crippen LogP contribution in [0.1, 0.15) is 23.3 Å². The van der Waals surface area contributed by atoms with Crippen LogP contribution in [-0.2, 0) is 19.1 Å². The van der Waals surface area contributed by atoms with E-state index in [1.54, 1.807) is 30.7 Å². The van der Waals surface area contributed by atoms with Crippen LogP contribution in [0.15, 0.2) is 89.8 Å². The van der Waals surface area contributed by atoms with E-state index < -0.39 is 12.1 Å². The normalized spacial score (nSPS) is 17.1. The highest BCUT2D eigenvalue weighted by Crippen LogP contribution is 2.46. The van der Waals surface area contributed by atoms with E-state index in [0.29, 0.717) is 13.1 Å². The van der Waals surface area contributed by atoms with Gasteiger partial charge in [0.25, 0.3) is 5.91 Å². The molecule has 0 saturated heterocycles. The van der Waals surface area contributed by atoms with E-state index >= 15 is 0 Å². The minimum atomic E-state index is -0.890. The molecule has 8 heteroatoms. The number of fused-ring (bicyclic) bond motifs is 1. The second-order valence-corrected chi connectivity index (χ2v) is 10.6. The van der Waals surface area contributed by atoms with Gasteiger partial charge in [-0.2, -0.15) is 0 Å². The van der Waals surface area contributed by atoms with Crippen molar-refractivity contribution in [3.05, 3.63) is 96.1 Å². The number of likely N-dealkylation sites (N-methyl/N-ethyl adjacent to an activating group) is 1. The third kappa shape index (κ3) is 7.75. The van der Waals surface area contributed by atoms with Crippen LogP contribution in [0.4, 0.5) is 5.69 Å². The predicted octanol–water partition coefficient (Wildman–Crippen LogP) is 5.47. The first-order valence-corrected chi connectivity index (χ1v) is 14.3. The quantitative estimate of drug-likeness (QED) is 0.272. The van der Waals surface area contributed by atoms with Crippen LogP contribution in [0.2, 0.25) is 0 Å². The van der Waals surface area contributed by atoms with Crippen molar-refractivity contribution in [3.8, 4) is 5.75 Å². The smallest absolute Gasteiger partial charge is 0.332 e. The molecule has 1 amide bonds. The summed E-state index contributed by atoms with van der Waals surface area (Å²) in [4.78, 5) is 31.3. The molecule has 210 valence electrons. The zero-order valence-corrected chi connectivity index (χ0v) is 24.0. The first-order chi connectivity index (χ1) is 19.5. The van der Waals surface area contributed by atoms with Crippen molar-refractivity contribution in [2.75, 3.05) is 51.9 Å². The number of benzene rings is 3. The van der Waals surface area contributed by atoms with E-state index in [1.807, 2.05) is 73.8 Å². The molecule has 1 heterocycles. The van der Waals surface area contributed by atoms with Gasteiger partial charge in [-0.25, -0.2) is 4.79 Å². The Balaban J connectivity index is 1.56. The Morgan fingerprint density at radius 3 is 2.48 bits per heavy atom. The number of carbonyl (C=O) groups is 2. The van der Waals surface area contributed by atoms with E-state index in [1.165, 1.54) is 0 Å². The molecule has 0 unspecified atom stereocenters. The van der Waals surface area contributed by atoms with Crippen molar-refractivity contribution in [1.82, 2.24) is 4.90 Å². The summed E-state index contributed by atoms with van der Waals surface area (Å²) in [6, 6.07) is 25.7. The van der Waals surface area contributed by atoms with Crippen LogP contribution in [0.3, 0.4) is 0 Å². The van der Waals surface area contributed by atoms with Crippen LogP contribution < -0.4 is 9.64 Å². The third-order valence-corrected chi connectivity index (χ3v) is 7.93. The monoisotopic (exact) mass is 560 g/mol. The number of carbonyl (C=O) groups excluding carboxylic acids is 2. The van der Waals surface area contributed by atoms with Crippen molar-refractivity contribution in [3.63, 3.8) is 0 Å². The van der Waals surface area contributed by atoms with Gasteiger partial charge in [0.1, 0.15) is 12.4 Å². The summed E-state index contributed by atoms with van der Waals surface area (Å²) in [6.45, 7) is 3.56. The van der Waals surface area contributed by atoms with Gasteiger partial charge in [0.05, 0.1) is 24.7 Å². The van der Waals surface area contributed by atoms with Gasteiger partial charge in [0, 0.05) is 24.5 Å². The summed E-state index contributed by atoms with van der Waals surface area (Å²) in [5.74, 6) is 0.0480. The average molecular weight is 561 g/mol. The van der Waals surface area contributed by atoms with Crippen molar-refractivity contribution in [1.29, 1.82) is 0 Å². The van der Waals surface area contributed by atoms with Crippen molar-refractivity contribution in [2.45, 2.75) is 23.2 Å². The number of anilines is 1. The Kier molecular flexibility index (Phi) is 10.8. The Labute approximate surface area is 240 Å². The number of esters is 1. The van der Waals surface area contributed by atoms with Crippen LogP contribution in [0.25, 0.3) is 6.08 Å². The number of amides is 1. The van der Waals surface area contributed by atoms with Crippen LogP contribution in [0.5, 0.6) is 5.75 Å². The van der Waals surface area contributed by atoms with E-state index in [4.69, 9.17) is 14.2 Å². The maximum absolute atomic E-state index is 14.2. The molecule has 0 fully saturated rings. The molecule has 7 nitrogen and oxygen atoms in total. The van der Waals surface area contributed by atoms with Gasteiger partial charge in [0.2, 0.25) is 0 Å². The second kappa shape index (κ2) is 14.7. The molecule has 1 aliphatic rings. The van der Waals surface area contributed by atoms with Gasteiger partial charge in [-0.1, -0.05) is 66.7 Å². The summed E-state index contributed by atoms with van der Waals surface area (Å²) >= 11 is 1.57. The lowest BCUT2D eigenvalue weighted by molar-refractivity contribution is -0.152. The molecule has 1 aliphatic heterocycles. The number of thioether (sulfide) groups is 1. The summed E-state index contributed by atoms with van der Waals surface area (Å²) in [6.07, 6.45) is 3.32. The van der Waals surface area contributed by atoms with Gasteiger partial charge >= 0.3 is 5.97 Å². The number of nitrogens with zero attached hydrogens (tertiary/aromatic N) is 2. The number of para-hydroxylation sites is 1. The van der Waals surface area contributed by atoms with Crippen LogP contribution in [0, 0.1) is 0 Å². The van der Waals surface area contributed by atoms with Crippen molar-refractivity contribution >= 4 is 35.4 Å². The highest BCUT2D eigenvalue weighted by atomic mass is 32.2. The van der Waals surface area contributed by atoms with Crippen molar-refractivity contribution < 1.29 is 23.8 Å². The lowest BCUT2D eigenvalue weighted by Gasteiger charge is -2.29. The Morgan fingerprint density at radius 1 is 1.02 bits per heavy atom. The molecule has 0 spiro atoms. The zero-order chi connectivity index (χ0) is 28.3. The molecule has 40 heavy (non-hydrogen) atoms. The lowest BCUT2D eigenvalue weighted by Crippen LogP contribution is -2.45. The fraction of sp³-hybridized carbons (Fsp3) is 0.312. The molecule has 3 aromatic rings. The fourth-order valence-electron chi connectivity index (χ4n) is 4.46. The maximum Gasteiger partial charge on any atom is 0.332 e. The first-order valence-electron chi connectivity index (χ1n) is 13.4. The van der Waals surface area contributed by atoms with Gasteiger partial charge in [0.15, 0.2) is 6.10 Å². The topological polar surface area (TPSA) is 68.3 Å². The summed E-state index contributed by atoms with van der Waals surface area (Å²) < 4.78 is 16.5. The maximum atomic E-state index is 14.2. The second-order valence-electron chi connectivity index (χ2n) is 9.38. The Morgan fingerprint density at radius 2 is 1.75 bits per heavy atom. The molecule has 0 N–H and O–H groups in total. The third-order valence-electron chi connectivity index (χ3n) is 6.56. The average Bonchev–Trinajstić information content (AvgIpc) is 3.09. The SMILES string of the molecule is CCOC(=O)CO[C@H]1C(=O)N(CCN(C)CC=Cc2ccccc2)c2ccccc2S[C@H]1c1ccc(OC)cc1. The standard InChI is InChI=1S/C32H36N2O5S/c1-4-38-29(35)23-39-30-31(25-16-18-26(37-3)19-17-25)40-28-15-9-8-14-27(28)34(32(30)36)22-21-33(2)20-10-13-24-11-6-5-7-12-24/h5-19,30-31H,4,20-23H2,1-3H3/t30-,31+/m1/s1. The Hall–Kier alpha value is -3.59. The van der Waals surface area contributed by atoms with E-state index in [0.717, 1.165) is 34.0 Å². The van der Waals surface area contributed by atoms with E-state index in [2.05, 4.69) is 29.2 Å². The zero-order valence-electron chi connectivity index (χ0n) is 23.2. The minimum Gasteiger partial charge on any atom is -0.497 e. The first kappa shape index (κ1) is 29.4. The molecule has 3 aromatic carbocycles. The molecule has 0 aliphatic carbocycles. The summed E-state index contributed by atoms with van der Waals surface area (Å²) in [7, 11) is 3.65. The number of ether oxygens (including phenoxy) is 3.